The molecule has 0 N–H and O–H groups in total. The lowest BCUT2D eigenvalue weighted by Gasteiger charge is -2.23. The summed E-state index contributed by atoms with van der Waals surface area (Å²) < 4.78 is 13.9. The third-order valence-corrected chi connectivity index (χ3v) is 3.70. The smallest absolute Gasteiger partial charge is 0.257 e. The summed E-state index contributed by atoms with van der Waals surface area (Å²) in [4.78, 5) is 18.4. The molecule has 0 aliphatic heterocycles. The van der Waals surface area contributed by atoms with E-state index in [-0.39, 0.29) is 17.5 Å². The maximum absolute atomic E-state index is 13.9. The van der Waals surface area contributed by atoms with Gasteiger partial charge in [0.05, 0.1) is 5.56 Å². The zero-order valence-electron chi connectivity index (χ0n) is 11.9. The standard InChI is InChI=1S/C17H17FN2O/c1-12-2-5-16(18)15(10-12)17(21)20(14-3-4-14)11-13-6-8-19-9-7-13/h2,5-10,14H,3-4,11H2,1H3. The molecule has 0 spiro atoms. The zero-order valence-corrected chi connectivity index (χ0v) is 11.9. The van der Waals surface area contributed by atoms with Gasteiger partial charge in [-0.25, -0.2) is 4.39 Å². The van der Waals surface area contributed by atoms with Crippen LogP contribution in [0.25, 0.3) is 0 Å². The van der Waals surface area contributed by atoms with Gasteiger partial charge >= 0.3 is 0 Å². The summed E-state index contributed by atoms with van der Waals surface area (Å²) >= 11 is 0. The number of aryl methyl sites for hydroxylation is 1. The van der Waals surface area contributed by atoms with Crippen LogP contribution in [0.4, 0.5) is 4.39 Å². The van der Waals surface area contributed by atoms with Crippen LogP contribution in [-0.2, 0) is 6.54 Å². The largest absolute Gasteiger partial charge is 0.331 e. The molecule has 1 aromatic carbocycles. The fourth-order valence-electron chi connectivity index (χ4n) is 2.40. The van der Waals surface area contributed by atoms with E-state index in [1.54, 1.807) is 29.4 Å². The van der Waals surface area contributed by atoms with Gasteiger partial charge in [-0.05, 0) is 49.6 Å². The number of benzene rings is 1. The molecule has 4 heteroatoms. The normalized spacial score (nSPS) is 14.0. The highest BCUT2D eigenvalue weighted by atomic mass is 19.1. The second kappa shape index (κ2) is 5.64. The van der Waals surface area contributed by atoms with Crippen LogP contribution >= 0.6 is 0 Å². The highest BCUT2D eigenvalue weighted by molar-refractivity contribution is 5.95. The van der Waals surface area contributed by atoms with E-state index < -0.39 is 5.82 Å². The average Bonchev–Trinajstić information content (AvgIpc) is 3.32. The van der Waals surface area contributed by atoms with Gasteiger partial charge in [0.15, 0.2) is 0 Å². The Kier molecular flexibility index (Phi) is 3.69. The summed E-state index contributed by atoms with van der Waals surface area (Å²) in [5.41, 5.74) is 2.06. The molecule has 0 atom stereocenters. The first-order chi connectivity index (χ1) is 10.1. The molecular formula is C17H17FN2O. The quantitative estimate of drug-likeness (QED) is 0.862. The third-order valence-electron chi connectivity index (χ3n) is 3.70. The number of halogens is 1. The number of hydrogen-bond donors (Lipinski definition) is 0. The van der Waals surface area contributed by atoms with E-state index in [1.807, 2.05) is 19.1 Å². The molecule has 1 aliphatic rings. The van der Waals surface area contributed by atoms with Crippen molar-refractivity contribution >= 4 is 5.91 Å². The Morgan fingerprint density at radius 1 is 1.29 bits per heavy atom. The van der Waals surface area contributed by atoms with Crippen molar-refractivity contribution in [3.05, 3.63) is 65.2 Å². The van der Waals surface area contributed by atoms with E-state index in [0.717, 1.165) is 24.0 Å². The summed E-state index contributed by atoms with van der Waals surface area (Å²) in [7, 11) is 0. The Hall–Kier alpha value is -2.23. The molecule has 1 amide bonds. The highest BCUT2D eigenvalue weighted by Gasteiger charge is 2.34. The van der Waals surface area contributed by atoms with Crippen LogP contribution in [0.3, 0.4) is 0 Å². The number of rotatable bonds is 4. The van der Waals surface area contributed by atoms with Crippen molar-refractivity contribution in [1.82, 2.24) is 9.88 Å². The minimum Gasteiger partial charge on any atom is -0.331 e. The average molecular weight is 284 g/mol. The van der Waals surface area contributed by atoms with Gasteiger partial charge in [-0.15, -0.1) is 0 Å². The van der Waals surface area contributed by atoms with Crippen molar-refractivity contribution in [3.8, 4) is 0 Å². The summed E-state index contributed by atoms with van der Waals surface area (Å²) in [6.07, 6.45) is 5.39. The molecule has 1 saturated carbocycles. The Labute approximate surface area is 123 Å². The van der Waals surface area contributed by atoms with Crippen molar-refractivity contribution in [1.29, 1.82) is 0 Å². The van der Waals surface area contributed by atoms with Crippen molar-refractivity contribution in [2.75, 3.05) is 0 Å². The Morgan fingerprint density at radius 3 is 2.67 bits per heavy atom. The van der Waals surface area contributed by atoms with E-state index in [2.05, 4.69) is 4.98 Å². The number of carbonyl (C=O) groups is 1. The van der Waals surface area contributed by atoms with Gasteiger partial charge in [-0.3, -0.25) is 9.78 Å². The third kappa shape index (κ3) is 3.10. The van der Waals surface area contributed by atoms with Crippen molar-refractivity contribution in [3.63, 3.8) is 0 Å². The maximum atomic E-state index is 13.9. The molecule has 3 rings (SSSR count). The van der Waals surface area contributed by atoms with Crippen molar-refractivity contribution in [2.24, 2.45) is 0 Å². The molecule has 0 bridgehead atoms. The predicted octanol–water partition coefficient (Wildman–Crippen LogP) is 3.33. The minimum atomic E-state index is -0.453. The van der Waals surface area contributed by atoms with Crippen molar-refractivity contribution in [2.45, 2.75) is 32.4 Å². The lowest BCUT2D eigenvalue weighted by molar-refractivity contribution is 0.0725. The molecule has 21 heavy (non-hydrogen) atoms. The Balaban J connectivity index is 1.87. The number of aromatic nitrogens is 1. The first kappa shape index (κ1) is 13.7. The molecule has 108 valence electrons. The van der Waals surface area contributed by atoms with E-state index in [4.69, 9.17) is 0 Å². The lowest BCUT2D eigenvalue weighted by atomic mass is 10.1. The fraction of sp³-hybridized carbons (Fsp3) is 0.294. The molecule has 3 nitrogen and oxygen atoms in total. The number of amides is 1. The Morgan fingerprint density at radius 2 is 2.00 bits per heavy atom. The monoisotopic (exact) mass is 284 g/mol. The van der Waals surface area contributed by atoms with E-state index in [0.29, 0.717) is 6.54 Å². The van der Waals surface area contributed by atoms with Gasteiger partial charge in [0.1, 0.15) is 5.82 Å². The highest BCUT2D eigenvalue weighted by Crippen LogP contribution is 2.30. The lowest BCUT2D eigenvalue weighted by Crippen LogP contribution is -2.33. The molecule has 0 unspecified atom stereocenters. The van der Waals surface area contributed by atoms with E-state index in [1.165, 1.54) is 6.07 Å². The summed E-state index contributed by atoms with van der Waals surface area (Å²) in [5, 5.41) is 0. The predicted molar refractivity (Wildman–Crippen MR) is 78.3 cm³/mol. The van der Waals surface area contributed by atoms with Crippen LogP contribution in [0.15, 0.2) is 42.7 Å². The number of hydrogen-bond acceptors (Lipinski definition) is 2. The van der Waals surface area contributed by atoms with Crippen LogP contribution in [0.1, 0.15) is 34.3 Å². The first-order valence-electron chi connectivity index (χ1n) is 7.11. The van der Waals surface area contributed by atoms with Gasteiger partial charge in [0.2, 0.25) is 0 Å². The van der Waals surface area contributed by atoms with Crippen molar-refractivity contribution < 1.29 is 9.18 Å². The van der Waals surface area contributed by atoms with Gasteiger partial charge in [0.25, 0.3) is 5.91 Å². The second-order valence-corrected chi connectivity index (χ2v) is 5.50. The van der Waals surface area contributed by atoms with E-state index >= 15 is 0 Å². The van der Waals surface area contributed by atoms with Gasteiger partial charge in [-0.1, -0.05) is 11.6 Å². The summed E-state index contributed by atoms with van der Waals surface area (Å²) in [6, 6.07) is 8.66. The van der Waals surface area contributed by atoms with Crippen LogP contribution in [0, 0.1) is 12.7 Å². The van der Waals surface area contributed by atoms with E-state index in [9.17, 15) is 9.18 Å². The van der Waals surface area contributed by atoms with Crippen LogP contribution in [-0.4, -0.2) is 21.8 Å². The second-order valence-electron chi connectivity index (χ2n) is 5.50. The van der Waals surface area contributed by atoms with Crippen LogP contribution < -0.4 is 0 Å². The molecule has 1 heterocycles. The molecule has 0 radical (unpaired) electrons. The zero-order chi connectivity index (χ0) is 14.8. The maximum Gasteiger partial charge on any atom is 0.257 e. The van der Waals surface area contributed by atoms with Crippen LogP contribution in [0.5, 0.6) is 0 Å². The van der Waals surface area contributed by atoms with Crippen LogP contribution in [0.2, 0.25) is 0 Å². The molecule has 1 fully saturated rings. The SMILES string of the molecule is Cc1ccc(F)c(C(=O)N(Cc2ccncc2)C2CC2)c1. The Bertz CT molecular complexity index is 653. The summed E-state index contributed by atoms with van der Waals surface area (Å²) in [6.45, 7) is 2.36. The molecular weight excluding hydrogens is 267 g/mol. The van der Waals surface area contributed by atoms with Gasteiger partial charge in [-0.2, -0.15) is 0 Å². The fourth-order valence-corrected chi connectivity index (χ4v) is 2.40. The first-order valence-corrected chi connectivity index (χ1v) is 7.11. The number of pyridine rings is 1. The molecule has 1 aromatic heterocycles. The molecule has 2 aromatic rings. The molecule has 0 saturated heterocycles. The van der Waals surface area contributed by atoms with Gasteiger partial charge in [0, 0.05) is 25.0 Å². The number of nitrogens with zero attached hydrogens (tertiary/aromatic N) is 2. The van der Waals surface area contributed by atoms with Gasteiger partial charge < -0.3 is 4.90 Å². The summed E-state index contributed by atoms with van der Waals surface area (Å²) in [5.74, 6) is -0.679. The minimum absolute atomic E-state index is 0.163. The number of carbonyl (C=O) groups excluding carboxylic acids is 1. The topological polar surface area (TPSA) is 33.2 Å². The molecule has 1 aliphatic carbocycles.